The van der Waals surface area contributed by atoms with E-state index in [-0.39, 0.29) is 11.8 Å². The van der Waals surface area contributed by atoms with Gasteiger partial charge in [0.1, 0.15) is 6.04 Å². The zero-order valence-electron chi connectivity index (χ0n) is 11.7. The Hall–Kier alpha value is -2.10. The molecule has 0 aromatic heterocycles. The number of carbonyl (C=O) groups is 2. The lowest BCUT2D eigenvalue weighted by molar-refractivity contribution is -0.142. The Bertz CT molecular complexity index is 567. The van der Waals surface area contributed by atoms with Crippen molar-refractivity contribution in [2.24, 2.45) is 17.8 Å². The second-order valence-electron chi connectivity index (χ2n) is 5.98. The summed E-state index contributed by atoms with van der Waals surface area (Å²) in [6, 6.07) is 8.53. The smallest absolute Gasteiger partial charge is 0.326 e. The zero-order valence-corrected chi connectivity index (χ0v) is 11.7. The number of fused-ring (bicyclic) bond motifs is 2. The Balaban J connectivity index is 1.64. The van der Waals surface area contributed by atoms with E-state index in [1.807, 2.05) is 30.3 Å². The first-order chi connectivity index (χ1) is 10.1. The van der Waals surface area contributed by atoms with E-state index < -0.39 is 12.0 Å². The number of rotatable bonds is 5. The van der Waals surface area contributed by atoms with E-state index in [0.717, 1.165) is 18.4 Å². The SMILES string of the molecule is O=C(N[C@H](Cc1ccccc1)C(=O)O)C1CC2C=CC1C2. The van der Waals surface area contributed by atoms with Crippen molar-refractivity contribution in [1.82, 2.24) is 5.32 Å². The second kappa shape index (κ2) is 5.72. The van der Waals surface area contributed by atoms with Gasteiger partial charge in [-0.25, -0.2) is 4.79 Å². The zero-order chi connectivity index (χ0) is 14.8. The number of benzene rings is 1. The number of hydrogen-bond donors (Lipinski definition) is 2. The van der Waals surface area contributed by atoms with E-state index in [1.54, 1.807) is 0 Å². The third-order valence-corrected chi connectivity index (χ3v) is 4.51. The van der Waals surface area contributed by atoms with Gasteiger partial charge in [0, 0.05) is 12.3 Å². The van der Waals surface area contributed by atoms with Crippen LogP contribution in [-0.4, -0.2) is 23.0 Å². The van der Waals surface area contributed by atoms with Crippen molar-refractivity contribution in [3.8, 4) is 0 Å². The van der Waals surface area contributed by atoms with Gasteiger partial charge in [-0.2, -0.15) is 0 Å². The fourth-order valence-electron chi connectivity index (χ4n) is 3.41. The van der Waals surface area contributed by atoms with Gasteiger partial charge in [-0.3, -0.25) is 4.79 Å². The molecule has 3 rings (SSSR count). The van der Waals surface area contributed by atoms with Gasteiger partial charge in [-0.05, 0) is 30.2 Å². The van der Waals surface area contributed by atoms with Crippen LogP contribution in [0.2, 0.25) is 0 Å². The summed E-state index contributed by atoms with van der Waals surface area (Å²) >= 11 is 0. The number of carbonyl (C=O) groups excluding carboxylic acids is 1. The molecule has 2 bridgehead atoms. The molecule has 1 amide bonds. The first-order valence-corrected chi connectivity index (χ1v) is 7.39. The molecule has 0 aliphatic heterocycles. The molecule has 21 heavy (non-hydrogen) atoms. The van der Waals surface area contributed by atoms with Gasteiger partial charge >= 0.3 is 5.97 Å². The van der Waals surface area contributed by atoms with Gasteiger partial charge in [0.05, 0.1) is 0 Å². The predicted octanol–water partition coefficient (Wildman–Crippen LogP) is 2.01. The maximum atomic E-state index is 12.3. The largest absolute Gasteiger partial charge is 0.480 e. The number of hydrogen-bond acceptors (Lipinski definition) is 2. The summed E-state index contributed by atoms with van der Waals surface area (Å²) in [6.07, 6.45) is 6.48. The van der Waals surface area contributed by atoms with Crippen LogP contribution in [0.25, 0.3) is 0 Å². The summed E-state index contributed by atoms with van der Waals surface area (Å²) in [4.78, 5) is 23.7. The van der Waals surface area contributed by atoms with Crippen LogP contribution in [0.15, 0.2) is 42.5 Å². The number of aliphatic carboxylic acids is 1. The molecule has 4 heteroatoms. The maximum Gasteiger partial charge on any atom is 0.326 e. The fourth-order valence-corrected chi connectivity index (χ4v) is 3.41. The first kappa shape index (κ1) is 13.9. The fraction of sp³-hybridized carbons (Fsp3) is 0.412. The van der Waals surface area contributed by atoms with Gasteiger partial charge in [-0.15, -0.1) is 0 Å². The molecule has 4 atom stereocenters. The maximum absolute atomic E-state index is 12.3. The molecular weight excluding hydrogens is 266 g/mol. The molecule has 1 aromatic rings. The summed E-state index contributed by atoms with van der Waals surface area (Å²) in [5.41, 5.74) is 0.915. The molecule has 1 aromatic carbocycles. The van der Waals surface area contributed by atoms with Crippen LogP contribution in [0.1, 0.15) is 18.4 Å². The molecule has 110 valence electrons. The molecular formula is C17H19NO3. The van der Waals surface area contributed by atoms with Crippen LogP contribution in [0.5, 0.6) is 0 Å². The van der Waals surface area contributed by atoms with E-state index in [2.05, 4.69) is 17.5 Å². The average molecular weight is 285 g/mol. The minimum absolute atomic E-state index is 0.0578. The van der Waals surface area contributed by atoms with E-state index in [4.69, 9.17) is 0 Å². The summed E-state index contributed by atoms with van der Waals surface area (Å²) in [7, 11) is 0. The number of nitrogens with one attached hydrogen (secondary N) is 1. The molecule has 4 nitrogen and oxygen atoms in total. The normalized spacial score (nSPS) is 27.5. The second-order valence-corrected chi connectivity index (χ2v) is 5.98. The van der Waals surface area contributed by atoms with Gasteiger partial charge < -0.3 is 10.4 Å². The van der Waals surface area contributed by atoms with Crippen molar-refractivity contribution in [3.63, 3.8) is 0 Å². The minimum Gasteiger partial charge on any atom is -0.480 e. The highest BCUT2D eigenvalue weighted by Crippen LogP contribution is 2.43. The molecule has 1 saturated carbocycles. The molecule has 2 N–H and O–H groups in total. The van der Waals surface area contributed by atoms with Crippen LogP contribution >= 0.6 is 0 Å². The van der Waals surface area contributed by atoms with E-state index in [1.165, 1.54) is 0 Å². The minimum atomic E-state index is -0.981. The summed E-state index contributed by atoms with van der Waals surface area (Å²) in [5.74, 6) is -0.358. The van der Waals surface area contributed by atoms with Crippen molar-refractivity contribution >= 4 is 11.9 Å². The van der Waals surface area contributed by atoms with Crippen LogP contribution < -0.4 is 5.32 Å². The third kappa shape index (κ3) is 2.99. The highest BCUT2D eigenvalue weighted by atomic mass is 16.4. The molecule has 1 fully saturated rings. The molecule has 0 spiro atoms. The van der Waals surface area contributed by atoms with Crippen LogP contribution in [-0.2, 0) is 16.0 Å². The van der Waals surface area contributed by atoms with E-state index in [9.17, 15) is 14.7 Å². The van der Waals surface area contributed by atoms with Gasteiger partial charge in [-0.1, -0.05) is 42.5 Å². The number of carboxylic acid groups (broad SMARTS) is 1. The Morgan fingerprint density at radius 2 is 1.95 bits per heavy atom. The lowest BCUT2D eigenvalue weighted by Crippen LogP contribution is -2.45. The van der Waals surface area contributed by atoms with Gasteiger partial charge in [0.2, 0.25) is 5.91 Å². The van der Waals surface area contributed by atoms with Crippen molar-refractivity contribution in [3.05, 3.63) is 48.0 Å². The van der Waals surface area contributed by atoms with Crippen molar-refractivity contribution in [2.75, 3.05) is 0 Å². The first-order valence-electron chi connectivity index (χ1n) is 7.39. The van der Waals surface area contributed by atoms with E-state index in [0.29, 0.717) is 18.3 Å². The van der Waals surface area contributed by atoms with Crippen molar-refractivity contribution in [1.29, 1.82) is 0 Å². The topological polar surface area (TPSA) is 66.4 Å². The molecule has 3 unspecified atom stereocenters. The van der Waals surface area contributed by atoms with Crippen LogP contribution in [0.4, 0.5) is 0 Å². The lowest BCUT2D eigenvalue weighted by atomic mass is 9.92. The van der Waals surface area contributed by atoms with Gasteiger partial charge in [0.15, 0.2) is 0 Å². The molecule has 2 aliphatic rings. The van der Waals surface area contributed by atoms with Crippen LogP contribution in [0, 0.1) is 17.8 Å². The van der Waals surface area contributed by atoms with Crippen molar-refractivity contribution < 1.29 is 14.7 Å². The van der Waals surface area contributed by atoms with Gasteiger partial charge in [0.25, 0.3) is 0 Å². The number of allylic oxidation sites excluding steroid dienone is 2. The Morgan fingerprint density at radius 3 is 2.52 bits per heavy atom. The Morgan fingerprint density at radius 1 is 1.19 bits per heavy atom. The number of amides is 1. The molecule has 0 heterocycles. The molecule has 0 saturated heterocycles. The summed E-state index contributed by atoms with van der Waals surface area (Å²) < 4.78 is 0. The standard InChI is InChI=1S/C17H19NO3/c19-16(14-9-12-6-7-13(14)8-12)18-15(17(20)21)10-11-4-2-1-3-5-11/h1-7,12-15H,8-10H2,(H,18,19)(H,20,21)/t12?,13?,14?,15-/m1/s1. The summed E-state index contributed by atoms with van der Waals surface area (Å²) in [5, 5.41) is 12.0. The molecule has 0 radical (unpaired) electrons. The van der Waals surface area contributed by atoms with Crippen LogP contribution in [0.3, 0.4) is 0 Å². The van der Waals surface area contributed by atoms with E-state index >= 15 is 0 Å². The highest BCUT2D eigenvalue weighted by Gasteiger charge is 2.40. The third-order valence-electron chi connectivity index (χ3n) is 4.51. The predicted molar refractivity (Wildman–Crippen MR) is 78.6 cm³/mol. The quantitative estimate of drug-likeness (QED) is 0.813. The van der Waals surface area contributed by atoms with Crippen molar-refractivity contribution in [2.45, 2.75) is 25.3 Å². The highest BCUT2D eigenvalue weighted by molar-refractivity contribution is 5.85. The Kier molecular flexibility index (Phi) is 3.78. The lowest BCUT2D eigenvalue weighted by Gasteiger charge is -2.21. The monoisotopic (exact) mass is 285 g/mol. The molecule has 2 aliphatic carbocycles. The Labute approximate surface area is 123 Å². The average Bonchev–Trinajstić information content (AvgIpc) is 3.10. The summed E-state index contributed by atoms with van der Waals surface area (Å²) in [6.45, 7) is 0. The number of carboxylic acids is 1.